The van der Waals surface area contributed by atoms with Gasteiger partial charge in [-0.05, 0) is 36.6 Å². The SMILES string of the molecule is Cc1ccc(Br)c(C(Cl)Cc2cccc(F)c2F)c1. The van der Waals surface area contributed by atoms with Crippen molar-refractivity contribution in [2.24, 2.45) is 0 Å². The molecule has 19 heavy (non-hydrogen) atoms. The van der Waals surface area contributed by atoms with Gasteiger partial charge in [0.25, 0.3) is 0 Å². The molecule has 0 bridgehead atoms. The Labute approximate surface area is 124 Å². The first-order chi connectivity index (χ1) is 8.99. The van der Waals surface area contributed by atoms with Crippen LogP contribution in [0.5, 0.6) is 0 Å². The van der Waals surface area contributed by atoms with E-state index in [0.717, 1.165) is 21.7 Å². The number of benzene rings is 2. The molecule has 2 rings (SSSR count). The summed E-state index contributed by atoms with van der Waals surface area (Å²) in [5, 5.41) is -0.412. The molecule has 100 valence electrons. The van der Waals surface area contributed by atoms with E-state index in [1.807, 2.05) is 25.1 Å². The Hall–Kier alpha value is -0.930. The zero-order valence-electron chi connectivity index (χ0n) is 10.3. The maximum absolute atomic E-state index is 13.6. The van der Waals surface area contributed by atoms with Gasteiger partial charge >= 0.3 is 0 Å². The highest BCUT2D eigenvalue weighted by Gasteiger charge is 2.16. The highest BCUT2D eigenvalue weighted by molar-refractivity contribution is 9.10. The van der Waals surface area contributed by atoms with Crippen molar-refractivity contribution in [2.45, 2.75) is 18.7 Å². The molecule has 1 unspecified atom stereocenters. The molecule has 0 heterocycles. The van der Waals surface area contributed by atoms with Gasteiger partial charge < -0.3 is 0 Å². The van der Waals surface area contributed by atoms with E-state index >= 15 is 0 Å². The minimum absolute atomic E-state index is 0.243. The number of hydrogen-bond donors (Lipinski definition) is 0. The van der Waals surface area contributed by atoms with Crippen molar-refractivity contribution in [1.29, 1.82) is 0 Å². The molecule has 0 fully saturated rings. The second-order valence-corrected chi connectivity index (χ2v) is 5.79. The highest BCUT2D eigenvalue weighted by atomic mass is 79.9. The molecular formula is C15H12BrClF2. The number of halogens is 4. The van der Waals surface area contributed by atoms with Crippen LogP contribution in [0.4, 0.5) is 8.78 Å². The summed E-state index contributed by atoms with van der Waals surface area (Å²) in [6, 6.07) is 9.95. The van der Waals surface area contributed by atoms with Crippen molar-refractivity contribution in [1.82, 2.24) is 0 Å². The van der Waals surface area contributed by atoms with Gasteiger partial charge in [0.1, 0.15) is 0 Å². The minimum Gasteiger partial charge on any atom is -0.204 e. The average molecular weight is 346 g/mol. The summed E-state index contributed by atoms with van der Waals surface area (Å²) in [7, 11) is 0. The quantitative estimate of drug-likeness (QED) is 0.639. The molecule has 1 atom stereocenters. The number of aryl methyl sites for hydroxylation is 1. The largest absolute Gasteiger partial charge is 0.204 e. The first kappa shape index (κ1) is 14.5. The second-order valence-electron chi connectivity index (χ2n) is 4.41. The predicted molar refractivity (Wildman–Crippen MR) is 77.5 cm³/mol. The Kier molecular flexibility index (Phi) is 4.58. The molecular weight excluding hydrogens is 334 g/mol. The van der Waals surface area contributed by atoms with E-state index in [1.165, 1.54) is 6.07 Å². The smallest absolute Gasteiger partial charge is 0.162 e. The van der Waals surface area contributed by atoms with E-state index in [2.05, 4.69) is 15.9 Å². The van der Waals surface area contributed by atoms with Gasteiger partial charge in [-0.1, -0.05) is 45.8 Å². The minimum atomic E-state index is -0.843. The summed E-state index contributed by atoms with van der Waals surface area (Å²) in [6.45, 7) is 1.96. The standard InChI is InChI=1S/C15H12BrClF2/c1-9-5-6-12(16)11(7-9)13(17)8-10-3-2-4-14(18)15(10)19/h2-7,13H,8H2,1H3. The lowest BCUT2D eigenvalue weighted by atomic mass is 10.0. The van der Waals surface area contributed by atoms with Crippen molar-refractivity contribution in [3.63, 3.8) is 0 Å². The van der Waals surface area contributed by atoms with Crippen molar-refractivity contribution >= 4 is 27.5 Å². The van der Waals surface area contributed by atoms with Gasteiger partial charge in [-0.15, -0.1) is 11.6 Å². The van der Waals surface area contributed by atoms with E-state index in [0.29, 0.717) is 0 Å². The van der Waals surface area contributed by atoms with Gasteiger partial charge in [0, 0.05) is 4.47 Å². The topological polar surface area (TPSA) is 0 Å². The molecule has 0 saturated heterocycles. The van der Waals surface area contributed by atoms with Crippen molar-refractivity contribution in [2.75, 3.05) is 0 Å². The lowest BCUT2D eigenvalue weighted by Gasteiger charge is -2.13. The van der Waals surface area contributed by atoms with Crippen LogP contribution in [-0.4, -0.2) is 0 Å². The van der Waals surface area contributed by atoms with E-state index in [1.54, 1.807) is 6.07 Å². The first-order valence-electron chi connectivity index (χ1n) is 5.82. The molecule has 0 aromatic heterocycles. The van der Waals surface area contributed by atoms with Crippen LogP contribution in [0.3, 0.4) is 0 Å². The van der Waals surface area contributed by atoms with Crippen LogP contribution in [0.25, 0.3) is 0 Å². The van der Waals surface area contributed by atoms with Gasteiger partial charge in [0.05, 0.1) is 5.38 Å². The molecule has 0 amide bonds. The third kappa shape index (κ3) is 3.34. The molecule has 0 aliphatic heterocycles. The fraction of sp³-hybridized carbons (Fsp3) is 0.200. The fourth-order valence-corrected chi connectivity index (χ4v) is 2.91. The lowest BCUT2D eigenvalue weighted by Crippen LogP contribution is -2.01. The second kappa shape index (κ2) is 6.02. The van der Waals surface area contributed by atoms with Crippen molar-refractivity contribution < 1.29 is 8.78 Å². The summed E-state index contributed by atoms with van der Waals surface area (Å²) in [5.74, 6) is -1.67. The number of alkyl halides is 1. The van der Waals surface area contributed by atoms with Gasteiger partial charge in [0.15, 0.2) is 11.6 Å². The zero-order valence-corrected chi connectivity index (χ0v) is 12.6. The monoisotopic (exact) mass is 344 g/mol. The first-order valence-corrected chi connectivity index (χ1v) is 7.05. The van der Waals surface area contributed by atoms with Crippen LogP contribution in [0.2, 0.25) is 0 Å². The maximum Gasteiger partial charge on any atom is 0.162 e. The maximum atomic E-state index is 13.6. The van der Waals surface area contributed by atoms with Crippen LogP contribution in [0.1, 0.15) is 22.1 Å². The van der Waals surface area contributed by atoms with E-state index in [9.17, 15) is 8.78 Å². The zero-order chi connectivity index (χ0) is 14.0. The van der Waals surface area contributed by atoms with E-state index in [4.69, 9.17) is 11.6 Å². The average Bonchev–Trinajstić information content (AvgIpc) is 2.38. The van der Waals surface area contributed by atoms with Gasteiger partial charge in [-0.2, -0.15) is 0 Å². The molecule has 2 aromatic carbocycles. The van der Waals surface area contributed by atoms with Gasteiger partial charge in [-0.25, -0.2) is 8.78 Å². The lowest BCUT2D eigenvalue weighted by molar-refractivity contribution is 0.498. The van der Waals surface area contributed by atoms with Crippen LogP contribution < -0.4 is 0 Å². The fourth-order valence-electron chi connectivity index (χ4n) is 1.91. The Morgan fingerprint density at radius 2 is 1.95 bits per heavy atom. The number of rotatable bonds is 3. The number of hydrogen-bond acceptors (Lipinski definition) is 0. The molecule has 4 heteroatoms. The molecule has 0 spiro atoms. The third-order valence-electron chi connectivity index (χ3n) is 2.92. The summed E-state index contributed by atoms with van der Waals surface area (Å²) >= 11 is 9.75. The van der Waals surface area contributed by atoms with Crippen LogP contribution in [-0.2, 0) is 6.42 Å². The Bertz CT molecular complexity index is 599. The Morgan fingerprint density at radius 1 is 1.21 bits per heavy atom. The highest BCUT2D eigenvalue weighted by Crippen LogP contribution is 2.32. The van der Waals surface area contributed by atoms with E-state index in [-0.39, 0.29) is 12.0 Å². The normalized spacial score (nSPS) is 12.5. The molecule has 0 radical (unpaired) electrons. The van der Waals surface area contributed by atoms with Crippen LogP contribution >= 0.6 is 27.5 Å². The third-order valence-corrected chi connectivity index (χ3v) is 4.03. The van der Waals surface area contributed by atoms with Crippen LogP contribution in [0.15, 0.2) is 40.9 Å². The molecule has 0 nitrogen and oxygen atoms in total. The van der Waals surface area contributed by atoms with Crippen LogP contribution in [0, 0.1) is 18.6 Å². The predicted octanol–water partition coefficient (Wildman–Crippen LogP) is 5.56. The summed E-state index contributed by atoms with van der Waals surface area (Å²) in [6.07, 6.45) is 0.243. The molecule has 0 N–H and O–H groups in total. The Balaban J connectivity index is 2.28. The molecule has 0 saturated carbocycles. The van der Waals surface area contributed by atoms with Gasteiger partial charge in [-0.3, -0.25) is 0 Å². The van der Waals surface area contributed by atoms with E-state index < -0.39 is 17.0 Å². The molecule has 2 aromatic rings. The summed E-state index contributed by atoms with van der Waals surface area (Å²) in [5.41, 5.74) is 2.24. The molecule has 0 aliphatic rings. The van der Waals surface area contributed by atoms with Crippen molar-refractivity contribution in [3.05, 3.63) is 69.2 Å². The summed E-state index contributed by atoms with van der Waals surface area (Å²) < 4.78 is 27.6. The van der Waals surface area contributed by atoms with Gasteiger partial charge in [0.2, 0.25) is 0 Å². The molecule has 0 aliphatic carbocycles. The summed E-state index contributed by atoms with van der Waals surface area (Å²) in [4.78, 5) is 0. The van der Waals surface area contributed by atoms with Crippen molar-refractivity contribution in [3.8, 4) is 0 Å². The Morgan fingerprint density at radius 3 is 2.68 bits per heavy atom.